The fraction of sp³-hybridized carbons (Fsp3) is 0.812. The van der Waals surface area contributed by atoms with Crippen LogP contribution in [0.25, 0.3) is 0 Å². The Hall–Kier alpha value is -1.59. The zero-order valence-electron chi connectivity index (χ0n) is 13.6. The molecule has 0 spiro atoms. The van der Waals surface area contributed by atoms with E-state index in [1.165, 1.54) is 0 Å². The molecule has 1 heterocycles. The highest BCUT2D eigenvalue weighted by atomic mass is 16.2. The Bertz CT molecular complexity index is 409. The van der Waals surface area contributed by atoms with E-state index in [-0.39, 0.29) is 29.7 Å². The average Bonchev–Trinajstić information content (AvgIpc) is 2.54. The molecule has 6 heteroatoms. The van der Waals surface area contributed by atoms with Crippen molar-refractivity contribution < 1.29 is 14.4 Å². The molecule has 2 fully saturated rings. The average molecular weight is 309 g/mol. The number of nitrogens with zero attached hydrogens (tertiary/aromatic N) is 2. The SMILES string of the molecule is CC(C)NC(=O)C1CCC(C(=O)N2CCN(C=O)CC2)CC1. The van der Waals surface area contributed by atoms with Gasteiger partial charge in [-0.25, -0.2) is 0 Å². The molecule has 0 unspecified atom stereocenters. The van der Waals surface area contributed by atoms with Crippen molar-refractivity contribution in [3.63, 3.8) is 0 Å². The second-order valence-electron chi connectivity index (χ2n) is 6.68. The monoisotopic (exact) mass is 309 g/mol. The lowest BCUT2D eigenvalue weighted by Crippen LogP contribution is -2.50. The van der Waals surface area contributed by atoms with E-state index >= 15 is 0 Å². The smallest absolute Gasteiger partial charge is 0.225 e. The van der Waals surface area contributed by atoms with Gasteiger partial charge in [-0.2, -0.15) is 0 Å². The van der Waals surface area contributed by atoms with Crippen LogP contribution in [0.5, 0.6) is 0 Å². The maximum atomic E-state index is 12.5. The van der Waals surface area contributed by atoms with E-state index in [1.54, 1.807) is 4.90 Å². The van der Waals surface area contributed by atoms with Gasteiger partial charge in [-0.1, -0.05) is 0 Å². The van der Waals surface area contributed by atoms with Crippen LogP contribution < -0.4 is 5.32 Å². The first-order valence-corrected chi connectivity index (χ1v) is 8.29. The molecule has 0 aromatic carbocycles. The summed E-state index contributed by atoms with van der Waals surface area (Å²) >= 11 is 0. The van der Waals surface area contributed by atoms with Crippen molar-refractivity contribution >= 4 is 18.2 Å². The van der Waals surface area contributed by atoms with E-state index in [9.17, 15) is 14.4 Å². The highest BCUT2D eigenvalue weighted by Gasteiger charge is 2.33. The molecule has 0 aromatic rings. The van der Waals surface area contributed by atoms with Crippen LogP contribution in [-0.2, 0) is 14.4 Å². The van der Waals surface area contributed by atoms with Crippen LogP contribution in [-0.4, -0.2) is 60.2 Å². The Balaban J connectivity index is 1.78. The number of hydrogen-bond acceptors (Lipinski definition) is 3. The maximum absolute atomic E-state index is 12.5. The quantitative estimate of drug-likeness (QED) is 0.774. The summed E-state index contributed by atoms with van der Waals surface area (Å²) in [7, 11) is 0. The molecule has 0 bridgehead atoms. The number of carbonyl (C=O) groups is 3. The van der Waals surface area contributed by atoms with E-state index in [2.05, 4.69) is 5.32 Å². The maximum Gasteiger partial charge on any atom is 0.225 e. The third-order valence-corrected chi connectivity index (χ3v) is 4.65. The normalized spacial score (nSPS) is 26.0. The van der Waals surface area contributed by atoms with Gasteiger partial charge in [0.25, 0.3) is 0 Å². The Morgan fingerprint density at radius 3 is 2.05 bits per heavy atom. The summed E-state index contributed by atoms with van der Waals surface area (Å²) in [5.74, 6) is 0.429. The molecule has 0 atom stereocenters. The van der Waals surface area contributed by atoms with Gasteiger partial charge in [0.1, 0.15) is 0 Å². The van der Waals surface area contributed by atoms with Gasteiger partial charge in [0.15, 0.2) is 0 Å². The molecule has 1 saturated carbocycles. The zero-order chi connectivity index (χ0) is 16.1. The summed E-state index contributed by atoms with van der Waals surface area (Å²) in [6.07, 6.45) is 4.03. The van der Waals surface area contributed by atoms with Gasteiger partial charge in [-0.15, -0.1) is 0 Å². The molecule has 1 N–H and O–H groups in total. The molecule has 124 valence electrons. The number of hydrogen-bond donors (Lipinski definition) is 1. The largest absolute Gasteiger partial charge is 0.354 e. The van der Waals surface area contributed by atoms with Gasteiger partial charge in [0.2, 0.25) is 18.2 Å². The van der Waals surface area contributed by atoms with Crippen molar-refractivity contribution in [1.82, 2.24) is 15.1 Å². The molecular weight excluding hydrogens is 282 g/mol. The Morgan fingerprint density at radius 1 is 1.00 bits per heavy atom. The molecule has 1 aliphatic heterocycles. The summed E-state index contributed by atoms with van der Waals surface area (Å²) in [6, 6.07) is 0.168. The first kappa shape index (κ1) is 16.8. The number of amides is 3. The van der Waals surface area contributed by atoms with Crippen LogP contribution in [0.2, 0.25) is 0 Å². The zero-order valence-corrected chi connectivity index (χ0v) is 13.6. The van der Waals surface area contributed by atoms with E-state index in [0.717, 1.165) is 32.1 Å². The third kappa shape index (κ3) is 4.21. The molecule has 2 aliphatic rings. The van der Waals surface area contributed by atoms with Gasteiger partial charge in [0, 0.05) is 44.1 Å². The lowest BCUT2D eigenvalue weighted by atomic mass is 9.80. The van der Waals surface area contributed by atoms with Crippen molar-refractivity contribution in [2.24, 2.45) is 11.8 Å². The van der Waals surface area contributed by atoms with Crippen molar-refractivity contribution in [3.8, 4) is 0 Å². The minimum atomic E-state index is 0.0471. The van der Waals surface area contributed by atoms with Crippen LogP contribution in [0.15, 0.2) is 0 Å². The second kappa shape index (κ2) is 7.61. The van der Waals surface area contributed by atoms with Gasteiger partial charge < -0.3 is 15.1 Å². The number of rotatable bonds is 4. The van der Waals surface area contributed by atoms with Crippen LogP contribution in [0, 0.1) is 11.8 Å². The molecule has 0 radical (unpaired) electrons. The topological polar surface area (TPSA) is 69.7 Å². The minimum absolute atomic E-state index is 0.0471. The second-order valence-corrected chi connectivity index (χ2v) is 6.68. The first-order valence-electron chi connectivity index (χ1n) is 8.29. The Labute approximate surface area is 132 Å². The van der Waals surface area contributed by atoms with Gasteiger partial charge in [0.05, 0.1) is 0 Å². The molecule has 1 saturated heterocycles. The minimum Gasteiger partial charge on any atom is -0.354 e. The van der Waals surface area contributed by atoms with Gasteiger partial charge >= 0.3 is 0 Å². The standard InChI is InChI=1S/C16H27N3O3/c1-12(2)17-15(21)13-3-5-14(6-4-13)16(22)19-9-7-18(11-20)8-10-19/h11-14H,3-10H2,1-2H3,(H,17,21). The lowest BCUT2D eigenvalue weighted by Gasteiger charge is -2.36. The summed E-state index contributed by atoms with van der Waals surface area (Å²) in [4.78, 5) is 38.8. The van der Waals surface area contributed by atoms with Crippen LogP contribution in [0.1, 0.15) is 39.5 Å². The highest BCUT2D eigenvalue weighted by Crippen LogP contribution is 2.30. The van der Waals surface area contributed by atoms with E-state index in [4.69, 9.17) is 0 Å². The van der Waals surface area contributed by atoms with Crippen LogP contribution in [0.4, 0.5) is 0 Å². The fourth-order valence-electron chi connectivity index (χ4n) is 3.31. The molecule has 1 aliphatic carbocycles. The Morgan fingerprint density at radius 2 is 1.55 bits per heavy atom. The molecule has 6 nitrogen and oxygen atoms in total. The first-order chi connectivity index (χ1) is 10.5. The fourth-order valence-corrected chi connectivity index (χ4v) is 3.31. The predicted molar refractivity (Wildman–Crippen MR) is 82.9 cm³/mol. The van der Waals surface area contributed by atoms with E-state index < -0.39 is 0 Å². The molecule has 2 rings (SSSR count). The lowest BCUT2D eigenvalue weighted by molar-refractivity contribution is -0.141. The van der Waals surface area contributed by atoms with Gasteiger partial charge in [-0.3, -0.25) is 14.4 Å². The summed E-state index contributed by atoms with van der Waals surface area (Å²) in [5, 5.41) is 2.96. The molecular formula is C16H27N3O3. The highest BCUT2D eigenvalue weighted by molar-refractivity contribution is 5.81. The summed E-state index contributed by atoms with van der Waals surface area (Å²) in [6.45, 7) is 6.44. The molecule has 22 heavy (non-hydrogen) atoms. The van der Waals surface area contributed by atoms with E-state index in [1.807, 2.05) is 18.7 Å². The van der Waals surface area contributed by atoms with Crippen molar-refractivity contribution in [2.75, 3.05) is 26.2 Å². The van der Waals surface area contributed by atoms with Crippen molar-refractivity contribution in [1.29, 1.82) is 0 Å². The van der Waals surface area contributed by atoms with Crippen LogP contribution in [0.3, 0.4) is 0 Å². The predicted octanol–water partition coefficient (Wildman–Crippen LogP) is 0.618. The Kier molecular flexibility index (Phi) is 5.80. The summed E-state index contributed by atoms with van der Waals surface area (Å²) < 4.78 is 0. The number of piperazine rings is 1. The third-order valence-electron chi connectivity index (χ3n) is 4.65. The van der Waals surface area contributed by atoms with Crippen molar-refractivity contribution in [2.45, 2.75) is 45.6 Å². The van der Waals surface area contributed by atoms with Crippen LogP contribution >= 0.6 is 0 Å². The number of carbonyl (C=O) groups excluding carboxylic acids is 3. The van der Waals surface area contributed by atoms with E-state index in [0.29, 0.717) is 26.2 Å². The summed E-state index contributed by atoms with van der Waals surface area (Å²) in [5.41, 5.74) is 0. The van der Waals surface area contributed by atoms with Crippen molar-refractivity contribution in [3.05, 3.63) is 0 Å². The molecule has 3 amide bonds. The van der Waals surface area contributed by atoms with Gasteiger partial charge in [-0.05, 0) is 39.5 Å². The number of nitrogens with one attached hydrogen (secondary N) is 1. The molecule has 0 aromatic heterocycles.